The maximum Gasteiger partial charge on any atom is 0.270 e. The van der Waals surface area contributed by atoms with Gasteiger partial charge in [0.2, 0.25) is 0 Å². The number of pyridine rings is 1. The van der Waals surface area contributed by atoms with Crippen LogP contribution < -0.4 is 10.9 Å². The van der Waals surface area contributed by atoms with Crippen LogP contribution in [0.3, 0.4) is 0 Å². The normalized spacial score (nSPS) is 12.5. The number of rotatable bonds is 7. The number of nitrogens with one attached hydrogen (secondary N) is 2. The quantitative estimate of drug-likeness (QED) is 0.585. The Morgan fingerprint density at radius 1 is 1.29 bits per heavy atom. The Bertz CT molecular complexity index is 1100. The Balaban J connectivity index is 1.93. The number of carbonyl (C=O) groups excluding carboxylic acids is 1. The van der Waals surface area contributed by atoms with Crippen LogP contribution >= 0.6 is 11.8 Å². The summed E-state index contributed by atoms with van der Waals surface area (Å²) < 4.78 is 1.59. The van der Waals surface area contributed by atoms with E-state index in [1.807, 2.05) is 18.4 Å². The smallest absolute Gasteiger partial charge is 0.270 e. The second-order valence-electron chi connectivity index (χ2n) is 8.33. The van der Waals surface area contributed by atoms with E-state index >= 15 is 0 Å². The lowest BCUT2D eigenvalue weighted by Gasteiger charge is -2.18. The maximum absolute atomic E-state index is 13.1. The van der Waals surface area contributed by atoms with Crippen molar-refractivity contribution in [3.8, 4) is 11.5 Å². The van der Waals surface area contributed by atoms with Crippen molar-refractivity contribution in [1.29, 1.82) is 0 Å². The fourth-order valence-electron chi connectivity index (χ4n) is 3.09. The van der Waals surface area contributed by atoms with E-state index in [2.05, 4.69) is 46.1 Å². The van der Waals surface area contributed by atoms with Gasteiger partial charge in [0.25, 0.3) is 11.5 Å². The van der Waals surface area contributed by atoms with Gasteiger partial charge in [0, 0.05) is 24.7 Å². The molecule has 8 nitrogen and oxygen atoms in total. The fraction of sp³-hybridized carbons (Fsp3) is 0.409. The third-order valence-corrected chi connectivity index (χ3v) is 5.47. The molecule has 0 bridgehead atoms. The number of thioether (sulfide) groups is 1. The number of carbonyl (C=O) groups is 1. The average molecular weight is 441 g/mol. The molecule has 3 aromatic rings. The topological polar surface area (TPSA) is 106 Å². The van der Waals surface area contributed by atoms with E-state index in [0.717, 1.165) is 11.4 Å². The monoisotopic (exact) mass is 440 g/mol. The predicted octanol–water partition coefficient (Wildman–Crippen LogP) is 3.09. The Morgan fingerprint density at radius 3 is 2.68 bits per heavy atom. The van der Waals surface area contributed by atoms with E-state index in [1.165, 1.54) is 6.07 Å². The van der Waals surface area contributed by atoms with Gasteiger partial charge in [-0.15, -0.1) is 0 Å². The molecule has 0 radical (unpaired) electrons. The van der Waals surface area contributed by atoms with Crippen LogP contribution in [0.25, 0.3) is 11.5 Å². The summed E-state index contributed by atoms with van der Waals surface area (Å²) in [7, 11) is 1.76. The number of aryl methyl sites for hydroxylation is 1. The van der Waals surface area contributed by atoms with Gasteiger partial charge in [0.15, 0.2) is 5.82 Å². The minimum atomic E-state index is -0.419. The molecule has 3 aromatic heterocycles. The molecule has 0 saturated carbocycles. The standard InChI is InChI=1S/C22H28N6O2S/c1-22(2,3)18-13-17(28(4)27-18)21(30)25-14(9-11-31-5)16-12-19(29)26-20(24-16)15-8-6-7-10-23-15/h6-8,10,12-14H,9,11H2,1-5H3,(H,25,30)(H,24,26,29)/t14-/m0/s1. The van der Waals surface area contributed by atoms with Crippen LogP contribution in [0.4, 0.5) is 0 Å². The first-order valence-corrected chi connectivity index (χ1v) is 11.5. The summed E-state index contributed by atoms with van der Waals surface area (Å²) in [5.41, 5.74) is 1.93. The summed E-state index contributed by atoms with van der Waals surface area (Å²) in [5, 5.41) is 7.53. The minimum absolute atomic E-state index is 0.166. The molecule has 31 heavy (non-hydrogen) atoms. The number of H-pyrrole nitrogens is 1. The van der Waals surface area contributed by atoms with Crippen molar-refractivity contribution in [1.82, 2.24) is 30.0 Å². The van der Waals surface area contributed by atoms with Crippen LogP contribution in [0.2, 0.25) is 0 Å². The van der Waals surface area contributed by atoms with Crippen LogP contribution in [0, 0.1) is 0 Å². The third-order valence-electron chi connectivity index (χ3n) is 4.82. The molecule has 164 valence electrons. The van der Waals surface area contributed by atoms with E-state index in [4.69, 9.17) is 0 Å². The highest BCUT2D eigenvalue weighted by Gasteiger charge is 2.24. The first kappa shape index (κ1) is 22.7. The lowest BCUT2D eigenvalue weighted by Crippen LogP contribution is -2.32. The van der Waals surface area contributed by atoms with Crippen LogP contribution in [-0.2, 0) is 12.5 Å². The van der Waals surface area contributed by atoms with Gasteiger partial charge in [0.05, 0.1) is 17.4 Å². The van der Waals surface area contributed by atoms with E-state index in [1.54, 1.807) is 41.8 Å². The molecule has 0 aliphatic carbocycles. The van der Waals surface area contributed by atoms with Gasteiger partial charge in [0.1, 0.15) is 11.4 Å². The van der Waals surface area contributed by atoms with Gasteiger partial charge in [-0.2, -0.15) is 16.9 Å². The van der Waals surface area contributed by atoms with Crippen molar-refractivity contribution in [3.63, 3.8) is 0 Å². The highest BCUT2D eigenvalue weighted by atomic mass is 32.2. The van der Waals surface area contributed by atoms with Gasteiger partial charge in [-0.05, 0) is 36.6 Å². The second-order valence-corrected chi connectivity index (χ2v) is 9.32. The van der Waals surface area contributed by atoms with Gasteiger partial charge >= 0.3 is 0 Å². The van der Waals surface area contributed by atoms with Crippen molar-refractivity contribution in [2.75, 3.05) is 12.0 Å². The Morgan fingerprint density at radius 2 is 2.06 bits per heavy atom. The van der Waals surface area contributed by atoms with Crippen molar-refractivity contribution < 1.29 is 4.79 Å². The van der Waals surface area contributed by atoms with Crippen molar-refractivity contribution >= 4 is 17.7 Å². The van der Waals surface area contributed by atoms with Crippen molar-refractivity contribution in [2.45, 2.75) is 38.6 Å². The molecule has 0 spiro atoms. The molecule has 9 heteroatoms. The van der Waals surface area contributed by atoms with E-state index in [-0.39, 0.29) is 16.9 Å². The van der Waals surface area contributed by atoms with Crippen LogP contribution in [0.1, 0.15) is 55.1 Å². The second kappa shape index (κ2) is 9.47. The number of aromatic nitrogens is 5. The predicted molar refractivity (Wildman–Crippen MR) is 123 cm³/mol. The lowest BCUT2D eigenvalue weighted by molar-refractivity contribution is 0.0925. The molecule has 0 unspecified atom stereocenters. The van der Waals surface area contributed by atoms with Gasteiger partial charge in [-0.1, -0.05) is 26.8 Å². The minimum Gasteiger partial charge on any atom is -0.342 e. The number of aromatic amines is 1. The van der Waals surface area contributed by atoms with Gasteiger partial charge < -0.3 is 10.3 Å². The van der Waals surface area contributed by atoms with E-state index in [9.17, 15) is 9.59 Å². The molecule has 1 amide bonds. The molecule has 0 fully saturated rings. The van der Waals surface area contributed by atoms with Crippen LogP contribution in [0.5, 0.6) is 0 Å². The van der Waals surface area contributed by atoms with Crippen molar-refractivity contribution in [3.05, 3.63) is 64.0 Å². The molecule has 3 heterocycles. The fourth-order valence-corrected chi connectivity index (χ4v) is 3.56. The average Bonchev–Trinajstić information content (AvgIpc) is 3.13. The van der Waals surface area contributed by atoms with Crippen molar-refractivity contribution in [2.24, 2.45) is 7.05 Å². The number of hydrogen-bond donors (Lipinski definition) is 2. The van der Waals surface area contributed by atoms with Crippen LogP contribution in [0.15, 0.2) is 41.3 Å². The van der Waals surface area contributed by atoms with Gasteiger partial charge in [-0.3, -0.25) is 19.3 Å². The zero-order chi connectivity index (χ0) is 22.6. The summed E-state index contributed by atoms with van der Waals surface area (Å²) in [6.45, 7) is 6.16. The summed E-state index contributed by atoms with van der Waals surface area (Å²) in [6, 6.07) is 8.23. The maximum atomic E-state index is 13.1. The first-order valence-electron chi connectivity index (χ1n) is 10.1. The summed E-state index contributed by atoms with van der Waals surface area (Å²) in [5.74, 6) is 0.928. The number of nitrogens with zero attached hydrogens (tertiary/aromatic N) is 4. The molecular formula is C22H28N6O2S. The molecule has 0 aromatic carbocycles. The Kier molecular flexibility index (Phi) is 6.94. The molecule has 1 atom stereocenters. The third kappa shape index (κ3) is 5.61. The Labute approximate surface area is 185 Å². The first-order chi connectivity index (χ1) is 14.7. The zero-order valence-electron chi connectivity index (χ0n) is 18.5. The molecule has 0 aliphatic rings. The van der Waals surface area contributed by atoms with Gasteiger partial charge in [-0.25, -0.2) is 4.98 Å². The highest BCUT2D eigenvalue weighted by Crippen LogP contribution is 2.23. The molecule has 0 aliphatic heterocycles. The zero-order valence-corrected chi connectivity index (χ0v) is 19.3. The Hall–Kier alpha value is -2.94. The molecule has 3 rings (SSSR count). The largest absolute Gasteiger partial charge is 0.342 e. The molecule has 0 saturated heterocycles. The summed E-state index contributed by atoms with van der Waals surface area (Å²) >= 11 is 1.67. The summed E-state index contributed by atoms with van der Waals surface area (Å²) in [6.07, 6.45) is 4.28. The molecule has 2 N–H and O–H groups in total. The lowest BCUT2D eigenvalue weighted by atomic mass is 9.92. The number of hydrogen-bond acceptors (Lipinski definition) is 6. The number of amides is 1. The van der Waals surface area contributed by atoms with E-state index < -0.39 is 6.04 Å². The molecular weight excluding hydrogens is 412 g/mol. The highest BCUT2D eigenvalue weighted by molar-refractivity contribution is 7.98. The summed E-state index contributed by atoms with van der Waals surface area (Å²) in [4.78, 5) is 37.0. The van der Waals surface area contributed by atoms with Crippen LogP contribution in [-0.4, -0.2) is 42.6 Å². The van der Waals surface area contributed by atoms with E-state index in [0.29, 0.717) is 29.3 Å². The SMILES string of the molecule is CSCC[C@H](NC(=O)c1cc(C(C)(C)C)nn1C)c1cc(=O)[nH]c(-c2ccccn2)n1.